The van der Waals surface area contributed by atoms with Gasteiger partial charge in [0.25, 0.3) is 0 Å². The molecule has 2 heterocycles. The van der Waals surface area contributed by atoms with Gasteiger partial charge in [0.2, 0.25) is 0 Å². The summed E-state index contributed by atoms with van der Waals surface area (Å²) in [5.41, 5.74) is 1.21. The minimum atomic E-state index is 0.721. The summed E-state index contributed by atoms with van der Waals surface area (Å²) in [6.45, 7) is 2.62. The molecule has 2 aromatic heterocycles. The largest absolute Gasteiger partial charge is 0.444 e. The first-order chi connectivity index (χ1) is 6.75. The first-order valence-electron chi connectivity index (χ1n) is 4.40. The molecule has 4 heteroatoms. The molecule has 0 spiro atoms. The summed E-state index contributed by atoms with van der Waals surface area (Å²) in [5, 5.41) is 4.18. The second-order valence-electron chi connectivity index (χ2n) is 3.18. The number of hydrogen-bond acceptors (Lipinski definition) is 4. The summed E-state index contributed by atoms with van der Waals surface area (Å²) >= 11 is 1.70. The number of hydrogen-bond donors (Lipinski definition) is 0. The van der Waals surface area contributed by atoms with E-state index < -0.39 is 0 Å². The maximum Gasteiger partial charge on any atom is 0.191 e. The number of rotatable bonds is 3. The van der Waals surface area contributed by atoms with E-state index in [4.69, 9.17) is 4.42 Å². The molecule has 0 aliphatic carbocycles. The van der Waals surface area contributed by atoms with Crippen LogP contribution in [0.15, 0.2) is 27.4 Å². The molecular formula is C10H12N2OS. The molecule has 2 rings (SSSR count). The van der Waals surface area contributed by atoms with Gasteiger partial charge in [0.15, 0.2) is 5.89 Å². The lowest BCUT2D eigenvalue weighted by molar-refractivity contribution is 0.473. The molecule has 0 saturated heterocycles. The molecule has 0 aliphatic rings. The molecule has 0 unspecified atom stereocenters. The lowest BCUT2D eigenvalue weighted by Gasteiger charge is -2.14. The molecule has 14 heavy (non-hydrogen) atoms. The molecule has 0 amide bonds. The number of aromatic nitrogens is 1. The Bertz CT molecular complexity index is 394. The van der Waals surface area contributed by atoms with Gasteiger partial charge in [0.1, 0.15) is 5.76 Å². The van der Waals surface area contributed by atoms with Crippen LogP contribution >= 0.6 is 11.3 Å². The van der Waals surface area contributed by atoms with Crippen molar-refractivity contribution in [3.8, 4) is 0 Å². The summed E-state index contributed by atoms with van der Waals surface area (Å²) in [4.78, 5) is 6.20. The second-order valence-corrected chi connectivity index (χ2v) is 3.96. The van der Waals surface area contributed by atoms with Crippen LogP contribution in [-0.2, 0) is 6.54 Å². The lowest BCUT2D eigenvalue weighted by Crippen LogP contribution is -2.14. The van der Waals surface area contributed by atoms with Crippen LogP contribution < -0.4 is 4.90 Å². The summed E-state index contributed by atoms with van der Waals surface area (Å²) < 4.78 is 5.40. The van der Waals surface area contributed by atoms with Gasteiger partial charge in [-0.25, -0.2) is 4.98 Å². The van der Waals surface area contributed by atoms with Gasteiger partial charge >= 0.3 is 0 Å². The van der Waals surface area contributed by atoms with Gasteiger partial charge < -0.3 is 9.32 Å². The highest BCUT2D eigenvalue weighted by molar-refractivity contribution is 7.08. The van der Waals surface area contributed by atoms with Gasteiger partial charge in [0, 0.05) is 25.0 Å². The number of oxazole rings is 1. The zero-order valence-electron chi connectivity index (χ0n) is 8.23. The van der Waals surface area contributed by atoms with E-state index in [1.165, 1.54) is 5.69 Å². The predicted octanol–water partition coefficient (Wildman–Crippen LogP) is 2.68. The molecule has 0 aliphatic heterocycles. The third-order valence-electron chi connectivity index (χ3n) is 2.01. The van der Waals surface area contributed by atoms with Gasteiger partial charge in [-0.3, -0.25) is 0 Å². The molecule has 2 aromatic rings. The van der Waals surface area contributed by atoms with E-state index in [-0.39, 0.29) is 0 Å². The minimum absolute atomic E-state index is 0.721. The van der Waals surface area contributed by atoms with E-state index in [1.807, 2.05) is 14.0 Å². The Labute approximate surface area is 87.0 Å². The van der Waals surface area contributed by atoms with Crippen LogP contribution in [0.4, 0.5) is 5.69 Å². The van der Waals surface area contributed by atoms with Gasteiger partial charge in [-0.05, 0) is 11.4 Å². The van der Waals surface area contributed by atoms with E-state index >= 15 is 0 Å². The fraction of sp³-hybridized carbons (Fsp3) is 0.300. The Kier molecular flexibility index (Phi) is 2.54. The summed E-state index contributed by atoms with van der Waals surface area (Å²) in [6.07, 6.45) is 1.78. The molecule has 0 N–H and O–H groups in total. The fourth-order valence-corrected chi connectivity index (χ4v) is 1.97. The molecule has 0 aromatic carbocycles. The van der Waals surface area contributed by atoms with Crippen LogP contribution in [-0.4, -0.2) is 12.0 Å². The van der Waals surface area contributed by atoms with Crippen LogP contribution in [0.2, 0.25) is 0 Å². The van der Waals surface area contributed by atoms with Crippen LogP contribution in [0.1, 0.15) is 11.7 Å². The van der Waals surface area contributed by atoms with Gasteiger partial charge in [-0.2, -0.15) is 11.3 Å². The molecule has 74 valence electrons. The van der Waals surface area contributed by atoms with Crippen molar-refractivity contribution in [2.24, 2.45) is 0 Å². The van der Waals surface area contributed by atoms with Crippen molar-refractivity contribution in [1.29, 1.82) is 0 Å². The van der Waals surface area contributed by atoms with Crippen molar-refractivity contribution in [3.63, 3.8) is 0 Å². The van der Waals surface area contributed by atoms with Crippen molar-refractivity contribution >= 4 is 17.0 Å². The van der Waals surface area contributed by atoms with Gasteiger partial charge in [-0.1, -0.05) is 0 Å². The molecule has 0 bridgehead atoms. The van der Waals surface area contributed by atoms with E-state index in [0.29, 0.717) is 0 Å². The molecule has 0 atom stereocenters. The average Bonchev–Trinajstić information content (AvgIpc) is 2.75. The molecular weight excluding hydrogens is 196 g/mol. The van der Waals surface area contributed by atoms with E-state index in [1.54, 1.807) is 17.5 Å². The highest BCUT2D eigenvalue weighted by Gasteiger charge is 2.05. The van der Waals surface area contributed by atoms with Gasteiger partial charge in [-0.15, -0.1) is 0 Å². The Balaban J connectivity index is 2.05. The molecule has 0 fully saturated rings. The number of thiophene rings is 1. The van der Waals surface area contributed by atoms with Crippen molar-refractivity contribution in [3.05, 3.63) is 34.7 Å². The topological polar surface area (TPSA) is 29.3 Å². The van der Waals surface area contributed by atoms with Crippen molar-refractivity contribution in [2.75, 3.05) is 11.9 Å². The molecule has 0 radical (unpaired) electrons. The SMILES string of the molecule is Cc1ncc(CN(C)c2ccsc2)o1. The minimum Gasteiger partial charge on any atom is -0.444 e. The van der Waals surface area contributed by atoms with Crippen molar-refractivity contribution < 1.29 is 4.42 Å². The lowest BCUT2D eigenvalue weighted by atomic mass is 10.4. The van der Waals surface area contributed by atoms with E-state index in [2.05, 4.69) is 26.7 Å². The third kappa shape index (κ3) is 1.96. The number of nitrogens with zero attached hydrogens (tertiary/aromatic N) is 2. The Morgan fingerprint density at radius 2 is 2.43 bits per heavy atom. The average molecular weight is 208 g/mol. The third-order valence-corrected chi connectivity index (χ3v) is 2.68. The van der Waals surface area contributed by atoms with Crippen molar-refractivity contribution in [2.45, 2.75) is 13.5 Å². The monoisotopic (exact) mass is 208 g/mol. The summed E-state index contributed by atoms with van der Waals surface area (Å²) in [6, 6.07) is 2.09. The standard InChI is InChI=1S/C10H12N2OS/c1-8-11-5-10(13-8)6-12(2)9-3-4-14-7-9/h3-5,7H,6H2,1-2H3. The van der Waals surface area contributed by atoms with Gasteiger partial charge in [0.05, 0.1) is 12.7 Å². The maximum atomic E-state index is 5.40. The Morgan fingerprint density at radius 3 is 3.00 bits per heavy atom. The van der Waals surface area contributed by atoms with E-state index in [0.717, 1.165) is 18.2 Å². The first-order valence-corrected chi connectivity index (χ1v) is 5.34. The fourth-order valence-electron chi connectivity index (χ4n) is 1.28. The van der Waals surface area contributed by atoms with Crippen LogP contribution in [0.25, 0.3) is 0 Å². The quantitative estimate of drug-likeness (QED) is 0.776. The highest BCUT2D eigenvalue weighted by atomic mass is 32.1. The summed E-state index contributed by atoms with van der Waals surface area (Å²) in [5.74, 6) is 1.62. The predicted molar refractivity (Wildman–Crippen MR) is 57.7 cm³/mol. The molecule has 3 nitrogen and oxygen atoms in total. The highest BCUT2D eigenvalue weighted by Crippen LogP contribution is 2.18. The zero-order chi connectivity index (χ0) is 9.97. The van der Waals surface area contributed by atoms with E-state index in [9.17, 15) is 0 Å². The van der Waals surface area contributed by atoms with Crippen LogP contribution in [0.5, 0.6) is 0 Å². The van der Waals surface area contributed by atoms with Crippen molar-refractivity contribution in [1.82, 2.24) is 4.98 Å². The number of aryl methyl sites for hydroxylation is 1. The Hall–Kier alpha value is -1.29. The smallest absolute Gasteiger partial charge is 0.191 e. The normalized spacial score (nSPS) is 10.4. The molecule has 0 saturated carbocycles. The van der Waals surface area contributed by atoms with Crippen LogP contribution in [0.3, 0.4) is 0 Å². The first kappa shape index (κ1) is 9.27. The second kappa shape index (κ2) is 3.84. The maximum absolute atomic E-state index is 5.40. The number of anilines is 1. The summed E-state index contributed by atoms with van der Waals surface area (Å²) in [7, 11) is 2.04. The zero-order valence-corrected chi connectivity index (χ0v) is 9.04. The van der Waals surface area contributed by atoms with Crippen LogP contribution in [0, 0.1) is 6.92 Å². The Morgan fingerprint density at radius 1 is 1.57 bits per heavy atom.